The van der Waals surface area contributed by atoms with Crippen LogP contribution in [0.2, 0.25) is 0 Å². The zero-order valence-corrected chi connectivity index (χ0v) is 11.4. The van der Waals surface area contributed by atoms with Crippen molar-refractivity contribution in [2.45, 2.75) is 19.9 Å². The predicted molar refractivity (Wildman–Crippen MR) is 66.5 cm³/mol. The maximum absolute atomic E-state index is 11.6. The van der Waals surface area contributed by atoms with E-state index in [1.165, 1.54) is 0 Å². The number of amides is 1. The molecule has 0 spiro atoms. The highest BCUT2D eigenvalue weighted by molar-refractivity contribution is 9.10. The van der Waals surface area contributed by atoms with Crippen molar-refractivity contribution in [1.29, 1.82) is 0 Å². The number of hydrogen-bond donors (Lipinski definition) is 1. The highest BCUT2D eigenvalue weighted by Crippen LogP contribution is 2.13. The lowest BCUT2D eigenvalue weighted by Gasteiger charge is -2.20. The SMILES string of the molecule is CC(C)N(C)CCNC(=O)c1ccc(Br)o1. The van der Waals surface area contributed by atoms with Crippen molar-refractivity contribution < 1.29 is 9.21 Å². The van der Waals surface area contributed by atoms with Crippen LogP contribution in [0.5, 0.6) is 0 Å². The molecule has 0 aliphatic carbocycles. The van der Waals surface area contributed by atoms with E-state index >= 15 is 0 Å². The van der Waals surface area contributed by atoms with Gasteiger partial charge in [0.15, 0.2) is 10.4 Å². The Morgan fingerprint density at radius 1 is 1.56 bits per heavy atom. The molecule has 0 bridgehead atoms. The Bertz CT molecular complexity index is 350. The molecule has 5 heteroatoms. The first-order valence-corrected chi connectivity index (χ1v) is 6.03. The van der Waals surface area contributed by atoms with Gasteiger partial charge in [-0.15, -0.1) is 0 Å². The summed E-state index contributed by atoms with van der Waals surface area (Å²) >= 11 is 3.16. The van der Waals surface area contributed by atoms with E-state index in [2.05, 4.69) is 40.0 Å². The fraction of sp³-hybridized carbons (Fsp3) is 0.545. The van der Waals surface area contributed by atoms with E-state index in [1.54, 1.807) is 12.1 Å². The van der Waals surface area contributed by atoms with Crippen LogP contribution < -0.4 is 5.32 Å². The molecule has 0 aliphatic rings. The van der Waals surface area contributed by atoms with Crippen molar-refractivity contribution in [1.82, 2.24) is 10.2 Å². The third-order valence-corrected chi connectivity index (χ3v) is 2.85. The number of rotatable bonds is 5. The van der Waals surface area contributed by atoms with Crippen LogP contribution in [0.15, 0.2) is 21.2 Å². The van der Waals surface area contributed by atoms with Gasteiger partial charge in [0.05, 0.1) is 0 Å². The van der Waals surface area contributed by atoms with Crippen LogP contribution in [0.1, 0.15) is 24.4 Å². The molecule has 4 nitrogen and oxygen atoms in total. The molecule has 0 aromatic carbocycles. The number of carbonyl (C=O) groups is 1. The summed E-state index contributed by atoms with van der Waals surface area (Å²) in [7, 11) is 2.03. The predicted octanol–water partition coefficient (Wildman–Crippen LogP) is 2.11. The second kappa shape index (κ2) is 6.06. The molecule has 16 heavy (non-hydrogen) atoms. The highest BCUT2D eigenvalue weighted by atomic mass is 79.9. The summed E-state index contributed by atoms with van der Waals surface area (Å²) in [5.74, 6) is 0.155. The molecule has 90 valence electrons. The second-order valence-corrected chi connectivity index (χ2v) is 4.72. The van der Waals surface area contributed by atoms with E-state index in [-0.39, 0.29) is 5.91 Å². The van der Waals surface area contributed by atoms with E-state index < -0.39 is 0 Å². The van der Waals surface area contributed by atoms with Crippen molar-refractivity contribution in [2.75, 3.05) is 20.1 Å². The topological polar surface area (TPSA) is 45.5 Å². The van der Waals surface area contributed by atoms with E-state index in [1.807, 2.05) is 7.05 Å². The smallest absolute Gasteiger partial charge is 0.287 e. The van der Waals surface area contributed by atoms with Crippen LogP contribution in [0.3, 0.4) is 0 Å². The highest BCUT2D eigenvalue weighted by Gasteiger charge is 2.10. The second-order valence-electron chi connectivity index (χ2n) is 3.93. The molecule has 1 aromatic heterocycles. The molecular formula is C11H17BrN2O2. The number of halogens is 1. The Labute approximate surface area is 104 Å². The Hall–Kier alpha value is -0.810. The number of likely N-dealkylation sites (N-methyl/N-ethyl adjacent to an activating group) is 1. The maximum atomic E-state index is 11.6. The average molecular weight is 289 g/mol. The summed E-state index contributed by atoms with van der Waals surface area (Å²) in [6.45, 7) is 5.67. The largest absolute Gasteiger partial charge is 0.444 e. The average Bonchev–Trinajstić information content (AvgIpc) is 2.64. The zero-order valence-electron chi connectivity index (χ0n) is 9.79. The molecule has 0 saturated heterocycles. The van der Waals surface area contributed by atoms with Crippen molar-refractivity contribution in [3.05, 3.63) is 22.6 Å². The van der Waals surface area contributed by atoms with Gasteiger partial charge in [-0.1, -0.05) is 0 Å². The van der Waals surface area contributed by atoms with E-state index in [4.69, 9.17) is 4.42 Å². The molecule has 0 fully saturated rings. The molecule has 1 heterocycles. The molecule has 0 saturated carbocycles. The molecule has 1 amide bonds. The fourth-order valence-corrected chi connectivity index (χ4v) is 1.43. The Morgan fingerprint density at radius 2 is 2.25 bits per heavy atom. The van der Waals surface area contributed by atoms with E-state index in [9.17, 15) is 4.79 Å². The quantitative estimate of drug-likeness (QED) is 0.903. The summed E-state index contributed by atoms with van der Waals surface area (Å²) < 4.78 is 5.71. The van der Waals surface area contributed by atoms with Crippen molar-refractivity contribution in [2.24, 2.45) is 0 Å². The van der Waals surface area contributed by atoms with Gasteiger partial charge in [-0.25, -0.2) is 0 Å². The standard InChI is InChI=1S/C11H17BrN2O2/c1-8(2)14(3)7-6-13-11(15)9-4-5-10(12)16-9/h4-5,8H,6-7H2,1-3H3,(H,13,15). The van der Waals surface area contributed by atoms with Crippen LogP contribution in [0, 0.1) is 0 Å². The van der Waals surface area contributed by atoms with Crippen LogP contribution in [-0.2, 0) is 0 Å². The minimum absolute atomic E-state index is 0.178. The van der Waals surface area contributed by atoms with E-state index in [0.717, 1.165) is 6.54 Å². The van der Waals surface area contributed by atoms with Gasteiger partial charge < -0.3 is 14.6 Å². The number of hydrogen-bond acceptors (Lipinski definition) is 3. The van der Waals surface area contributed by atoms with Crippen LogP contribution >= 0.6 is 15.9 Å². The van der Waals surface area contributed by atoms with Crippen LogP contribution in [-0.4, -0.2) is 37.0 Å². The zero-order chi connectivity index (χ0) is 12.1. The van der Waals surface area contributed by atoms with Crippen molar-refractivity contribution >= 4 is 21.8 Å². The monoisotopic (exact) mass is 288 g/mol. The van der Waals surface area contributed by atoms with Gasteiger partial charge in [-0.2, -0.15) is 0 Å². The van der Waals surface area contributed by atoms with E-state index in [0.29, 0.717) is 23.0 Å². The summed E-state index contributed by atoms with van der Waals surface area (Å²) in [6.07, 6.45) is 0. The molecule has 1 rings (SSSR count). The lowest BCUT2D eigenvalue weighted by atomic mass is 10.3. The minimum Gasteiger partial charge on any atom is -0.444 e. The maximum Gasteiger partial charge on any atom is 0.287 e. The molecule has 0 unspecified atom stereocenters. The number of furan rings is 1. The lowest BCUT2D eigenvalue weighted by molar-refractivity contribution is 0.0919. The third kappa shape index (κ3) is 3.98. The summed E-state index contributed by atoms with van der Waals surface area (Å²) in [6, 6.07) is 3.83. The third-order valence-electron chi connectivity index (χ3n) is 2.43. The Kier molecular flexibility index (Phi) is 5.02. The first-order chi connectivity index (χ1) is 7.50. The molecular weight excluding hydrogens is 272 g/mol. The van der Waals surface area contributed by atoms with Gasteiger partial charge in [0, 0.05) is 19.1 Å². The number of carbonyl (C=O) groups excluding carboxylic acids is 1. The van der Waals surface area contributed by atoms with Gasteiger partial charge >= 0.3 is 0 Å². The van der Waals surface area contributed by atoms with Crippen LogP contribution in [0.4, 0.5) is 0 Å². The Morgan fingerprint density at radius 3 is 2.75 bits per heavy atom. The summed E-state index contributed by atoms with van der Waals surface area (Å²) in [5.41, 5.74) is 0. The number of nitrogens with zero attached hydrogens (tertiary/aromatic N) is 1. The Balaban J connectivity index is 2.31. The van der Waals surface area contributed by atoms with Gasteiger partial charge in [0.2, 0.25) is 0 Å². The molecule has 0 aliphatic heterocycles. The molecule has 1 aromatic rings. The summed E-state index contributed by atoms with van der Waals surface area (Å²) in [4.78, 5) is 13.7. The fourth-order valence-electron chi connectivity index (χ4n) is 1.13. The van der Waals surface area contributed by atoms with Gasteiger partial charge in [-0.05, 0) is 49.0 Å². The molecule has 1 N–H and O–H groups in total. The van der Waals surface area contributed by atoms with Gasteiger partial charge in [0.25, 0.3) is 5.91 Å². The normalized spacial score (nSPS) is 11.1. The van der Waals surface area contributed by atoms with Crippen molar-refractivity contribution in [3.8, 4) is 0 Å². The van der Waals surface area contributed by atoms with Crippen molar-refractivity contribution in [3.63, 3.8) is 0 Å². The summed E-state index contributed by atoms with van der Waals surface area (Å²) in [5, 5.41) is 2.80. The minimum atomic E-state index is -0.178. The van der Waals surface area contributed by atoms with Gasteiger partial charge in [-0.3, -0.25) is 4.79 Å². The van der Waals surface area contributed by atoms with Crippen LogP contribution in [0.25, 0.3) is 0 Å². The molecule has 0 radical (unpaired) electrons. The molecule has 0 atom stereocenters. The first-order valence-electron chi connectivity index (χ1n) is 5.24. The van der Waals surface area contributed by atoms with Gasteiger partial charge in [0.1, 0.15) is 0 Å². The number of nitrogens with one attached hydrogen (secondary N) is 1. The lowest BCUT2D eigenvalue weighted by Crippen LogP contribution is -2.36. The first kappa shape index (κ1) is 13.3.